The molecule has 0 aromatic rings. The Kier molecular flexibility index (Phi) is 8.29. The van der Waals surface area contributed by atoms with E-state index < -0.39 is 0 Å². The van der Waals surface area contributed by atoms with Crippen LogP contribution in [-0.4, -0.2) is 0 Å². The SMILES string of the molecule is CCC1C2CCCC1C1CCC(C3CCC4CCC(C5CC6CCC7CCCCC7C6C6CCCCC56)CC4C3)CC1C2. The van der Waals surface area contributed by atoms with Crippen molar-refractivity contribution in [3.8, 4) is 0 Å². The fourth-order valence-corrected chi connectivity index (χ4v) is 16.9. The van der Waals surface area contributed by atoms with Crippen molar-refractivity contribution < 1.29 is 0 Å². The van der Waals surface area contributed by atoms with Crippen molar-refractivity contribution >= 4 is 0 Å². The minimum absolute atomic E-state index is 1.11. The van der Waals surface area contributed by atoms with Gasteiger partial charge >= 0.3 is 0 Å². The van der Waals surface area contributed by atoms with Gasteiger partial charge in [0.1, 0.15) is 0 Å². The lowest BCUT2D eigenvalue weighted by Crippen LogP contribution is -2.51. The molecule has 0 saturated heterocycles. The molecule has 0 aromatic carbocycles. The van der Waals surface area contributed by atoms with Crippen molar-refractivity contribution in [2.75, 3.05) is 0 Å². The molecule has 9 rings (SSSR count). The summed E-state index contributed by atoms with van der Waals surface area (Å²) in [6.45, 7) is 2.53. The summed E-state index contributed by atoms with van der Waals surface area (Å²) in [5, 5.41) is 0. The molecule has 0 nitrogen and oxygen atoms in total. The summed E-state index contributed by atoms with van der Waals surface area (Å²) in [7, 11) is 0. The van der Waals surface area contributed by atoms with E-state index in [2.05, 4.69) is 6.92 Å². The summed E-state index contributed by atoms with van der Waals surface area (Å²) in [5.41, 5.74) is 0. The van der Waals surface area contributed by atoms with Crippen LogP contribution in [0.25, 0.3) is 0 Å². The quantitative estimate of drug-likeness (QED) is 0.308. The van der Waals surface area contributed by atoms with Gasteiger partial charge < -0.3 is 0 Å². The molecule has 43 heavy (non-hydrogen) atoms. The lowest BCUT2D eigenvalue weighted by atomic mass is 9.46. The number of hydrogen-bond acceptors (Lipinski definition) is 0. The number of rotatable bonds is 3. The maximum atomic E-state index is 2.53. The Bertz CT molecular complexity index is 950. The van der Waals surface area contributed by atoms with Crippen LogP contribution in [0.4, 0.5) is 0 Å². The highest BCUT2D eigenvalue weighted by molar-refractivity contribution is 5.04. The Labute approximate surface area is 267 Å². The minimum atomic E-state index is 1.11. The summed E-state index contributed by atoms with van der Waals surface area (Å²) < 4.78 is 0. The molecule has 0 N–H and O–H groups in total. The Morgan fingerprint density at radius 1 is 0.302 bits per heavy atom. The van der Waals surface area contributed by atoms with Gasteiger partial charge in [0.2, 0.25) is 0 Å². The van der Waals surface area contributed by atoms with Crippen molar-refractivity contribution in [1.82, 2.24) is 0 Å². The van der Waals surface area contributed by atoms with E-state index in [0.717, 1.165) is 101 Å². The molecule has 0 spiro atoms. The summed E-state index contributed by atoms with van der Waals surface area (Å²) in [6.07, 6.45) is 40.4. The van der Waals surface area contributed by atoms with E-state index in [0.29, 0.717) is 0 Å². The molecule has 0 amide bonds. The van der Waals surface area contributed by atoms with Crippen molar-refractivity contribution in [1.29, 1.82) is 0 Å². The number of fused-ring (bicyclic) bond motifs is 10. The molecule has 9 aliphatic rings. The van der Waals surface area contributed by atoms with Gasteiger partial charge in [-0.05, 0) is 210 Å². The molecule has 0 aromatic heterocycles. The van der Waals surface area contributed by atoms with Crippen LogP contribution in [0, 0.1) is 101 Å². The Morgan fingerprint density at radius 3 is 1.74 bits per heavy atom. The van der Waals surface area contributed by atoms with Gasteiger partial charge in [-0.3, -0.25) is 0 Å². The second-order valence-corrected chi connectivity index (χ2v) is 19.5. The van der Waals surface area contributed by atoms with Crippen LogP contribution in [0.5, 0.6) is 0 Å². The average Bonchev–Trinajstić information content (AvgIpc) is 3.06. The molecule has 17 unspecified atom stereocenters. The fourth-order valence-electron chi connectivity index (χ4n) is 16.9. The highest BCUT2D eigenvalue weighted by Gasteiger charge is 2.54. The van der Waals surface area contributed by atoms with Gasteiger partial charge in [-0.25, -0.2) is 0 Å². The van der Waals surface area contributed by atoms with Gasteiger partial charge in [0.15, 0.2) is 0 Å². The average molecular weight is 587 g/mol. The van der Waals surface area contributed by atoms with Crippen molar-refractivity contribution in [2.45, 2.75) is 167 Å². The van der Waals surface area contributed by atoms with Gasteiger partial charge in [0, 0.05) is 0 Å². The molecule has 2 bridgehead atoms. The molecule has 9 fully saturated rings. The van der Waals surface area contributed by atoms with E-state index in [9.17, 15) is 0 Å². The molecule has 0 aliphatic heterocycles. The highest BCUT2D eigenvalue weighted by Crippen LogP contribution is 2.63. The van der Waals surface area contributed by atoms with Crippen LogP contribution in [-0.2, 0) is 0 Å². The lowest BCUT2D eigenvalue weighted by Gasteiger charge is -2.59. The van der Waals surface area contributed by atoms with Gasteiger partial charge in [-0.1, -0.05) is 58.3 Å². The first-order chi connectivity index (χ1) is 21.2. The summed E-state index contributed by atoms with van der Waals surface area (Å²) in [6, 6.07) is 0. The maximum absolute atomic E-state index is 2.53. The van der Waals surface area contributed by atoms with Crippen molar-refractivity contribution in [3.05, 3.63) is 0 Å². The Hall–Kier alpha value is 0. The van der Waals surface area contributed by atoms with E-state index in [1.165, 1.54) is 6.42 Å². The molecule has 9 aliphatic carbocycles. The molecule has 0 heteroatoms. The summed E-state index contributed by atoms with van der Waals surface area (Å²) >= 11 is 0. The van der Waals surface area contributed by atoms with Crippen LogP contribution in [0.2, 0.25) is 0 Å². The molecule has 0 heterocycles. The third-order valence-corrected chi connectivity index (χ3v) is 18.4. The predicted octanol–water partition coefficient (Wildman–Crippen LogP) is 12.4. The van der Waals surface area contributed by atoms with Crippen LogP contribution >= 0.6 is 0 Å². The van der Waals surface area contributed by atoms with Crippen molar-refractivity contribution in [3.63, 3.8) is 0 Å². The predicted molar refractivity (Wildman–Crippen MR) is 180 cm³/mol. The monoisotopic (exact) mass is 587 g/mol. The summed E-state index contributed by atoms with van der Waals surface area (Å²) in [4.78, 5) is 0. The van der Waals surface area contributed by atoms with Crippen molar-refractivity contribution in [2.24, 2.45) is 101 Å². The van der Waals surface area contributed by atoms with Gasteiger partial charge in [0.05, 0.1) is 0 Å². The third kappa shape index (κ3) is 5.17. The van der Waals surface area contributed by atoms with Crippen LogP contribution < -0.4 is 0 Å². The Morgan fingerprint density at radius 2 is 0.884 bits per heavy atom. The van der Waals surface area contributed by atoms with Crippen LogP contribution in [0.1, 0.15) is 167 Å². The molecule has 17 atom stereocenters. The molecule has 9 saturated carbocycles. The van der Waals surface area contributed by atoms with E-state index in [-0.39, 0.29) is 0 Å². The first-order valence-corrected chi connectivity index (χ1v) is 21.2. The van der Waals surface area contributed by atoms with E-state index in [4.69, 9.17) is 0 Å². The third-order valence-electron chi connectivity index (χ3n) is 18.4. The van der Waals surface area contributed by atoms with Crippen LogP contribution in [0.3, 0.4) is 0 Å². The zero-order valence-corrected chi connectivity index (χ0v) is 28.5. The van der Waals surface area contributed by atoms with Gasteiger partial charge in [0.25, 0.3) is 0 Å². The molecular weight excluding hydrogens is 516 g/mol. The zero-order chi connectivity index (χ0) is 28.5. The zero-order valence-electron chi connectivity index (χ0n) is 28.5. The minimum Gasteiger partial charge on any atom is -0.0651 e. The fraction of sp³-hybridized carbons (Fsp3) is 1.00. The Balaban J connectivity index is 0.867. The van der Waals surface area contributed by atoms with E-state index >= 15 is 0 Å². The lowest BCUT2D eigenvalue weighted by molar-refractivity contribution is -0.0985. The molecular formula is C43H70. The molecule has 0 radical (unpaired) electrons. The van der Waals surface area contributed by atoms with Gasteiger partial charge in [-0.2, -0.15) is 0 Å². The van der Waals surface area contributed by atoms with Gasteiger partial charge in [-0.15, -0.1) is 0 Å². The first-order valence-electron chi connectivity index (χ1n) is 21.2. The second kappa shape index (κ2) is 12.2. The van der Waals surface area contributed by atoms with E-state index in [1.807, 2.05) is 0 Å². The smallest absolute Gasteiger partial charge is 0.0324 e. The highest BCUT2D eigenvalue weighted by atomic mass is 14.6. The topological polar surface area (TPSA) is 0 Å². The standard InChI is InChI=1S/C43H70/c1-2-36-31-9-7-13-39(36)37-21-20-30(23-35(37)25-31)29-17-14-27-15-18-32(24-34(27)22-29)42-26-33-19-16-28-8-3-4-10-38(28)43(33)41-12-6-5-11-40(41)42/h27-43H,2-26H2,1H3. The normalized spacial score (nSPS) is 56.4. The maximum Gasteiger partial charge on any atom is -0.0324 e. The largest absolute Gasteiger partial charge is 0.0651 e. The molecule has 242 valence electrons. The van der Waals surface area contributed by atoms with Crippen LogP contribution in [0.15, 0.2) is 0 Å². The van der Waals surface area contributed by atoms with E-state index in [1.54, 1.807) is 154 Å². The number of hydrogen-bond donors (Lipinski definition) is 0. The summed E-state index contributed by atoms with van der Waals surface area (Å²) in [5.74, 6) is 19.2. The second-order valence-electron chi connectivity index (χ2n) is 19.5. The first kappa shape index (κ1) is 29.2.